The normalized spacial score (nSPS) is 16.4. The predicted molar refractivity (Wildman–Crippen MR) is 148 cm³/mol. The van der Waals surface area contributed by atoms with E-state index in [1.54, 1.807) is 6.07 Å². The van der Waals surface area contributed by atoms with Crippen LogP contribution in [0.3, 0.4) is 0 Å². The first-order valence-corrected chi connectivity index (χ1v) is 15.0. The van der Waals surface area contributed by atoms with E-state index in [1.807, 2.05) is 66.0 Å². The molecule has 0 unspecified atom stereocenters. The van der Waals surface area contributed by atoms with Crippen molar-refractivity contribution in [2.75, 3.05) is 12.8 Å². The maximum Gasteiger partial charge on any atom is 0.243 e. The Bertz CT molecular complexity index is 1350. The van der Waals surface area contributed by atoms with E-state index < -0.39 is 33.9 Å². The van der Waals surface area contributed by atoms with Gasteiger partial charge in [-0.15, -0.1) is 11.3 Å². The van der Waals surface area contributed by atoms with Crippen molar-refractivity contribution in [2.24, 2.45) is 5.73 Å². The molecule has 0 bridgehead atoms. The molecule has 1 aromatic heterocycles. The van der Waals surface area contributed by atoms with E-state index in [1.165, 1.54) is 16.2 Å². The van der Waals surface area contributed by atoms with Crippen LogP contribution in [0.1, 0.15) is 40.3 Å². The van der Waals surface area contributed by atoms with E-state index in [9.17, 15) is 18.0 Å². The summed E-state index contributed by atoms with van der Waals surface area (Å²) in [5.74, 6) is -1.38. The Labute approximate surface area is 226 Å². The second kappa shape index (κ2) is 11.9. The Balaban J connectivity index is 1.61. The van der Waals surface area contributed by atoms with Crippen molar-refractivity contribution in [3.8, 4) is 0 Å². The van der Waals surface area contributed by atoms with Gasteiger partial charge >= 0.3 is 0 Å². The highest BCUT2D eigenvalue weighted by molar-refractivity contribution is 7.88. The number of carbonyl (C=O) groups is 2. The van der Waals surface area contributed by atoms with E-state index in [0.29, 0.717) is 24.3 Å². The van der Waals surface area contributed by atoms with Crippen LogP contribution in [0.4, 0.5) is 0 Å². The predicted octanol–water partition coefficient (Wildman–Crippen LogP) is 2.39. The van der Waals surface area contributed by atoms with Crippen molar-refractivity contribution >= 4 is 39.0 Å². The third-order valence-electron chi connectivity index (χ3n) is 6.48. The van der Waals surface area contributed by atoms with Gasteiger partial charge in [0, 0.05) is 19.0 Å². The zero-order valence-corrected chi connectivity index (χ0v) is 22.6. The highest BCUT2D eigenvalue weighted by atomic mass is 32.2. The largest absolute Gasteiger partial charge is 0.383 e. The van der Waals surface area contributed by atoms with Crippen molar-refractivity contribution in [1.82, 2.24) is 14.9 Å². The Kier molecular flexibility index (Phi) is 8.60. The molecule has 2 heterocycles. The summed E-state index contributed by atoms with van der Waals surface area (Å²) in [6.45, 7) is 0.588. The fraction of sp³-hybridized carbons (Fsp3) is 0.296. The van der Waals surface area contributed by atoms with Crippen LogP contribution in [-0.4, -0.2) is 55.9 Å². The molecule has 9 nitrogen and oxygen atoms in total. The highest BCUT2D eigenvalue weighted by Gasteiger charge is 2.41. The second-order valence-electron chi connectivity index (χ2n) is 9.31. The average molecular weight is 554 g/mol. The lowest BCUT2D eigenvalue weighted by atomic mass is 9.84. The zero-order chi connectivity index (χ0) is 27.3. The van der Waals surface area contributed by atoms with Crippen molar-refractivity contribution in [3.05, 3.63) is 93.7 Å². The lowest BCUT2D eigenvalue weighted by Crippen LogP contribution is -2.55. The number of nitrogens with zero attached hydrogens (tertiary/aromatic N) is 1. The number of amidine groups is 1. The van der Waals surface area contributed by atoms with Gasteiger partial charge in [-0.2, -0.15) is 0 Å². The molecule has 2 amide bonds. The number of hydrogen-bond acceptors (Lipinski definition) is 6. The number of carbonyl (C=O) groups excluding carboxylic acids is 2. The van der Waals surface area contributed by atoms with Crippen molar-refractivity contribution in [1.29, 1.82) is 5.41 Å². The van der Waals surface area contributed by atoms with Gasteiger partial charge in [0.2, 0.25) is 21.8 Å². The Hall–Kier alpha value is -3.54. The van der Waals surface area contributed by atoms with Gasteiger partial charge < -0.3 is 16.0 Å². The van der Waals surface area contributed by atoms with E-state index >= 15 is 0 Å². The Morgan fingerprint density at radius 1 is 1.11 bits per heavy atom. The number of likely N-dealkylation sites (tertiary alicyclic amines) is 1. The number of thiophene rings is 1. The molecule has 1 saturated heterocycles. The second-order valence-corrected chi connectivity index (χ2v) is 12.0. The van der Waals surface area contributed by atoms with E-state index in [4.69, 9.17) is 11.1 Å². The molecule has 38 heavy (non-hydrogen) atoms. The van der Waals surface area contributed by atoms with Gasteiger partial charge in [0.25, 0.3) is 0 Å². The molecule has 1 aliphatic rings. The lowest BCUT2D eigenvalue weighted by molar-refractivity contribution is -0.140. The SMILES string of the molecule is CS(=O)(=O)N[C@@H](C(=O)N1CCC[C@H]1C(=O)NCc1csc(C(=N)N)c1)C(c1ccccc1)c1ccccc1. The van der Waals surface area contributed by atoms with Crippen LogP contribution in [0.5, 0.6) is 0 Å². The molecule has 0 aliphatic carbocycles. The zero-order valence-electron chi connectivity index (χ0n) is 21.0. The number of benzene rings is 2. The fourth-order valence-corrected chi connectivity index (χ4v) is 6.26. The molecule has 1 aliphatic heterocycles. The van der Waals surface area contributed by atoms with Crippen LogP contribution in [0, 0.1) is 5.41 Å². The number of sulfonamides is 1. The van der Waals surface area contributed by atoms with Gasteiger partial charge in [0.1, 0.15) is 17.9 Å². The number of amides is 2. The van der Waals surface area contributed by atoms with Crippen molar-refractivity contribution < 1.29 is 18.0 Å². The maximum atomic E-state index is 14.1. The molecule has 1 fully saturated rings. The van der Waals surface area contributed by atoms with E-state index in [0.717, 1.165) is 22.9 Å². The average Bonchev–Trinajstić information content (AvgIpc) is 3.57. The van der Waals surface area contributed by atoms with Crippen molar-refractivity contribution in [2.45, 2.75) is 37.4 Å². The minimum atomic E-state index is -3.77. The summed E-state index contributed by atoms with van der Waals surface area (Å²) < 4.78 is 27.5. The molecule has 0 saturated carbocycles. The molecule has 11 heteroatoms. The third kappa shape index (κ3) is 6.66. The summed E-state index contributed by atoms with van der Waals surface area (Å²) in [5, 5.41) is 12.3. The molecule has 3 aromatic rings. The topological polar surface area (TPSA) is 145 Å². The third-order valence-corrected chi connectivity index (χ3v) is 8.18. The summed E-state index contributed by atoms with van der Waals surface area (Å²) in [5.41, 5.74) is 7.91. The Morgan fingerprint density at radius 3 is 2.24 bits per heavy atom. The van der Waals surface area contributed by atoms with Crippen molar-refractivity contribution in [3.63, 3.8) is 0 Å². The van der Waals surface area contributed by atoms with Crippen LogP contribution in [-0.2, 0) is 26.2 Å². The first-order chi connectivity index (χ1) is 18.1. The van der Waals surface area contributed by atoms with E-state index in [-0.39, 0.29) is 18.3 Å². The quantitative estimate of drug-likeness (QED) is 0.225. The van der Waals surface area contributed by atoms with Gasteiger partial charge in [-0.25, -0.2) is 13.1 Å². The number of hydrogen-bond donors (Lipinski definition) is 4. The monoisotopic (exact) mass is 553 g/mol. The van der Waals surface area contributed by atoms with Gasteiger partial charge in [-0.1, -0.05) is 60.7 Å². The molecule has 0 radical (unpaired) electrons. The highest BCUT2D eigenvalue weighted by Crippen LogP contribution is 2.31. The van der Waals surface area contributed by atoms with Crippen LogP contribution in [0.2, 0.25) is 0 Å². The standard InChI is InChI=1S/C27H31N5O4S2/c1-38(35,36)31-24(23(19-9-4-2-5-10-19)20-11-6-3-7-12-20)27(34)32-14-8-13-21(32)26(33)30-16-18-15-22(25(28)29)37-17-18/h2-7,9-12,15,17,21,23-24,31H,8,13-14,16H2,1H3,(H3,28,29)(H,30,33)/t21-,24+/m0/s1. The van der Waals surface area contributed by atoms with Crippen LogP contribution >= 0.6 is 11.3 Å². The summed E-state index contributed by atoms with van der Waals surface area (Å²) >= 11 is 1.32. The van der Waals surface area contributed by atoms with Crippen LogP contribution < -0.4 is 15.8 Å². The summed E-state index contributed by atoms with van der Waals surface area (Å²) in [4.78, 5) is 29.4. The van der Waals surface area contributed by atoms with E-state index in [2.05, 4.69) is 10.0 Å². The summed E-state index contributed by atoms with van der Waals surface area (Å²) in [6, 6.07) is 18.5. The van der Waals surface area contributed by atoms with Gasteiger partial charge in [0.05, 0.1) is 11.1 Å². The van der Waals surface area contributed by atoms with Crippen LogP contribution in [0.25, 0.3) is 0 Å². The van der Waals surface area contributed by atoms with Gasteiger partial charge in [-0.05, 0) is 41.0 Å². The lowest BCUT2D eigenvalue weighted by Gasteiger charge is -2.33. The van der Waals surface area contributed by atoms with Gasteiger partial charge in [0.15, 0.2) is 0 Å². The molecule has 2 atom stereocenters. The molecule has 5 N–H and O–H groups in total. The maximum absolute atomic E-state index is 14.1. The smallest absolute Gasteiger partial charge is 0.243 e. The molecule has 2 aromatic carbocycles. The van der Waals surface area contributed by atoms with Crippen LogP contribution in [0.15, 0.2) is 72.1 Å². The number of nitrogen functional groups attached to an aromatic ring is 1. The minimum absolute atomic E-state index is 0.0315. The molecular formula is C27H31N5O4S2. The van der Waals surface area contributed by atoms with Gasteiger partial charge in [-0.3, -0.25) is 15.0 Å². The minimum Gasteiger partial charge on any atom is -0.383 e. The molecule has 4 rings (SSSR count). The summed E-state index contributed by atoms with van der Waals surface area (Å²) in [7, 11) is -3.77. The first kappa shape index (κ1) is 27.5. The first-order valence-electron chi connectivity index (χ1n) is 12.2. The molecule has 0 spiro atoms. The number of nitrogens with two attached hydrogens (primary N) is 1. The molecule has 200 valence electrons. The number of rotatable bonds is 10. The number of nitrogens with one attached hydrogen (secondary N) is 3. The summed E-state index contributed by atoms with van der Waals surface area (Å²) in [6.07, 6.45) is 2.14. The Morgan fingerprint density at radius 2 is 1.71 bits per heavy atom. The fourth-order valence-electron chi connectivity index (χ4n) is 4.79. The molecular weight excluding hydrogens is 522 g/mol.